The highest BCUT2D eigenvalue weighted by Crippen LogP contribution is 2.32. The van der Waals surface area contributed by atoms with Gasteiger partial charge in [-0.15, -0.1) is 11.3 Å². The van der Waals surface area contributed by atoms with Gasteiger partial charge < -0.3 is 5.11 Å². The molecule has 2 rings (SSSR count). The van der Waals surface area contributed by atoms with Crippen molar-refractivity contribution in [1.29, 1.82) is 0 Å². The van der Waals surface area contributed by atoms with Crippen LogP contribution in [0.4, 0.5) is 0 Å². The molecule has 2 aromatic rings. The van der Waals surface area contributed by atoms with Crippen molar-refractivity contribution in [2.24, 2.45) is 0 Å². The zero-order valence-corrected chi connectivity index (χ0v) is 9.85. The Balaban J connectivity index is 2.41. The van der Waals surface area contributed by atoms with Crippen molar-refractivity contribution in [2.45, 2.75) is 12.5 Å². The minimum atomic E-state index is -0.932. The molecule has 15 heavy (non-hydrogen) atoms. The van der Waals surface area contributed by atoms with Crippen LogP contribution >= 0.6 is 22.9 Å². The van der Waals surface area contributed by atoms with Crippen LogP contribution in [0.1, 0.15) is 17.4 Å². The van der Waals surface area contributed by atoms with Crippen LogP contribution in [0.15, 0.2) is 41.8 Å². The normalized spacial score (nSPS) is 14.9. The first-order chi connectivity index (χ1) is 7.10. The van der Waals surface area contributed by atoms with E-state index in [1.54, 1.807) is 30.4 Å². The number of benzene rings is 1. The second kappa shape index (κ2) is 3.97. The summed E-state index contributed by atoms with van der Waals surface area (Å²) in [4.78, 5) is 0.935. The molecule has 1 nitrogen and oxygen atoms in total. The first kappa shape index (κ1) is 10.7. The summed E-state index contributed by atoms with van der Waals surface area (Å²) in [7, 11) is 0. The SMILES string of the molecule is CC(O)(c1ccc(Cl)cc1)c1cccs1. The first-order valence-electron chi connectivity index (χ1n) is 4.63. The largest absolute Gasteiger partial charge is 0.380 e. The lowest BCUT2D eigenvalue weighted by Crippen LogP contribution is -2.20. The summed E-state index contributed by atoms with van der Waals surface area (Å²) in [6.45, 7) is 1.79. The summed E-state index contributed by atoms with van der Waals surface area (Å²) in [6.07, 6.45) is 0. The van der Waals surface area contributed by atoms with Crippen LogP contribution in [0.2, 0.25) is 5.02 Å². The lowest BCUT2D eigenvalue weighted by Gasteiger charge is -2.22. The molecule has 0 amide bonds. The summed E-state index contributed by atoms with van der Waals surface area (Å²) >= 11 is 7.35. The third kappa shape index (κ3) is 2.07. The molecule has 0 fully saturated rings. The van der Waals surface area contributed by atoms with Gasteiger partial charge in [-0.1, -0.05) is 29.8 Å². The van der Waals surface area contributed by atoms with Gasteiger partial charge in [0.15, 0.2) is 0 Å². The Kier molecular flexibility index (Phi) is 2.83. The van der Waals surface area contributed by atoms with E-state index in [2.05, 4.69) is 0 Å². The lowest BCUT2D eigenvalue weighted by molar-refractivity contribution is 0.106. The van der Waals surface area contributed by atoms with E-state index >= 15 is 0 Å². The molecule has 3 heteroatoms. The van der Waals surface area contributed by atoms with E-state index in [1.165, 1.54) is 0 Å². The lowest BCUT2D eigenvalue weighted by atomic mass is 9.94. The van der Waals surface area contributed by atoms with E-state index in [1.807, 2.05) is 29.6 Å². The molecular formula is C12H11ClOS. The van der Waals surface area contributed by atoms with Gasteiger partial charge in [-0.25, -0.2) is 0 Å². The van der Waals surface area contributed by atoms with Gasteiger partial charge in [0.1, 0.15) is 5.60 Å². The third-order valence-electron chi connectivity index (χ3n) is 2.41. The molecule has 0 radical (unpaired) electrons. The third-order valence-corrected chi connectivity index (χ3v) is 3.74. The summed E-state index contributed by atoms with van der Waals surface area (Å²) in [5.41, 5.74) is -0.0759. The van der Waals surface area contributed by atoms with Gasteiger partial charge in [0.25, 0.3) is 0 Å². The number of thiophene rings is 1. The van der Waals surface area contributed by atoms with E-state index in [-0.39, 0.29) is 0 Å². The number of aliphatic hydroxyl groups is 1. The molecule has 0 aliphatic rings. The second-order valence-electron chi connectivity index (χ2n) is 3.56. The molecule has 0 saturated carbocycles. The van der Waals surface area contributed by atoms with Crippen LogP contribution in [-0.2, 0) is 5.60 Å². The van der Waals surface area contributed by atoms with E-state index < -0.39 is 5.60 Å². The maximum atomic E-state index is 10.4. The van der Waals surface area contributed by atoms with E-state index in [4.69, 9.17) is 11.6 Å². The Morgan fingerprint density at radius 3 is 2.40 bits per heavy atom. The van der Waals surface area contributed by atoms with Crippen LogP contribution in [0, 0.1) is 0 Å². The van der Waals surface area contributed by atoms with Crippen molar-refractivity contribution in [1.82, 2.24) is 0 Å². The standard InChI is InChI=1S/C12H11ClOS/c1-12(14,11-3-2-8-15-11)9-4-6-10(13)7-5-9/h2-8,14H,1H3. The zero-order valence-electron chi connectivity index (χ0n) is 8.27. The summed E-state index contributed by atoms with van der Waals surface area (Å²) in [5.74, 6) is 0. The summed E-state index contributed by atoms with van der Waals surface area (Å²) in [5, 5.41) is 13.0. The fraction of sp³-hybridized carbons (Fsp3) is 0.167. The molecule has 0 bridgehead atoms. The average Bonchev–Trinajstić information content (AvgIpc) is 2.71. The van der Waals surface area contributed by atoms with Gasteiger partial charge in [0.2, 0.25) is 0 Å². The Labute approximate surface area is 98.0 Å². The van der Waals surface area contributed by atoms with Gasteiger partial charge >= 0.3 is 0 Å². The maximum absolute atomic E-state index is 10.4. The fourth-order valence-corrected chi connectivity index (χ4v) is 2.41. The van der Waals surface area contributed by atoms with Gasteiger partial charge in [0.05, 0.1) is 0 Å². The molecule has 0 spiro atoms. The second-order valence-corrected chi connectivity index (χ2v) is 4.94. The van der Waals surface area contributed by atoms with Gasteiger partial charge in [-0.05, 0) is 36.1 Å². The molecule has 1 unspecified atom stereocenters. The van der Waals surface area contributed by atoms with Crippen LogP contribution < -0.4 is 0 Å². The van der Waals surface area contributed by atoms with E-state index in [0.29, 0.717) is 5.02 Å². The van der Waals surface area contributed by atoms with Crippen LogP contribution in [0.25, 0.3) is 0 Å². The minimum absolute atomic E-state index is 0.681. The molecule has 0 saturated heterocycles. The highest BCUT2D eigenvalue weighted by atomic mass is 35.5. The van der Waals surface area contributed by atoms with Crippen LogP contribution in [0.3, 0.4) is 0 Å². The Morgan fingerprint density at radius 2 is 1.87 bits per heavy atom. The molecule has 1 aromatic carbocycles. The topological polar surface area (TPSA) is 20.2 Å². The number of halogens is 1. The molecule has 1 aromatic heterocycles. The molecule has 1 atom stereocenters. The Morgan fingerprint density at radius 1 is 1.20 bits per heavy atom. The fourth-order valence-electron chi connectivity index (χ4n) is 1.47. The Hall–Kier alpha value is -0.830. The highest BCUT2D eigenvalue weighted by Gasteiger charge is 2.26. The summed E-state index contributed by atoms with van der Waals surface area (Å²) in [6, 6.07) is 11.1. The van der Waals surface area contributed by atoms with Crippen molar-refractivity contribution >= 4 is 22.9 Å². The molecular weight excluding hydrogens is 228 g/mol. The van der Waals surface area contributed by atoms with E-state index in [0.717, 1.165) is 10.4 Å². The van der Waals surface area contributed by atoms with Crippen LogP contribution in [0.5, 0.6) is 0 Å². The monoisotopic (exact) mass is 238 g/mol. The summed E-state index contributed by atoms with van der Waals surface area (Å²) < 4.78 is 0. The number of hydrogen-bond acceptors (Lipinski definition) is 2. The van der Waals surface area contributed by atoms with Gasteiger partial charge in [-0.2, -0.15) is 0 Å². The quantitative estimate of drug-likeness (QED) is 0.847. The highest BCUT2D eigenvalue weighted by molar-refractivity contribution is 7.10. The average molecular weight is 239 g/mol. The predicted octanol–water partition coefficient (Wildman–Crippen LogP) is 3.66. The van der Waals surface area contributed by atoms with Crippen molar-refractivity contribution in [2.75, 3.05) is 0 Å². The molecule has 0 aliphatic heterocycles. The molecule has 78 valence electrons. The van der Waals surface area contributed by atoms with Crippen LogP contribution in [-0.4, -0.2) is 5.11 Å². The van der Waals surface area contributed by atoms with Gasteiger partial charge in [0, 0.05) is 9.90 Å². The molecule has 1 N–H and O–H groups in total. The van der Waals surface area contributed by atoms with Crippen molar-refractivity contribution < 1.29 is 5.11 Å². The number of rotatable bonds is 2. The Bertz CT molecular complexity index is 431. The predicted molar refractivity (Wildman–Crippen MR) is 64.4 cm³/mol. The van der Waals surface area contributed by atoms with Crippen molar-refractivity contribution in [3.8, 4) is 0 Å². The smallest absolute Gasteiger partial charge is 0.121 e. The molecule has 0 aliphatic carbocycles. The number of hydrogen-bond donors (Lipinski definition) is 1. The van der Waals surface area contributed by atoms with Gasteiger partial charge in [-0.3, -0.25) is 0 Å². The maximum Gasteiger partial charge on any atom is 0.121 e. The van der Waals surface area contributed by atoms with E-state index in [9.17, 15) is 5.11 Å². The minimum Gasteiger partial charge on any atom is -0.380 e. The zero-order chi connectivity index (χ0) is 10.9. The van der Waals surface area contributed by atoms with Crippen molar-refractivity contribution in [3.05, 3.63) is 57.2 Å². The molecule has 1 heterocycles. The first-order valence-corrected chi connectivity index (χ1v) is 5.89. The van der Waals surface area contributed by atoms with Crippen molar-refractivity contribution in [3.63, 3.8) is 0 Å².